The Balaban J connectivity index is 2.48. The first-order valence-electron chi connectivity index (χ1n) is 4.87. The van der Waals surface area contributed by atoms with Gasteiger partial charge < -0.3 is 4.57 Å². The van der Waals surface area contributed by atoms with Crippen LogP contribution >= 0.6 is 0 Å². The average Bonchev–Trinajstić information content (AvgIpc) is 2.52. The van der Waals surface area contributed by atoms with Crippen molar-refractivity contribution in [3.05, 3.63) is 24.0 Å². The third kappa shape index (κ3) is 3.05. The molecule has 0 aliphatic carbocycles. The third-order valence-electron chi connectivity index (χ3n) is 2.21. The molecule has 0 fully saturated rings. The van der Waals surface area contributed by atoms with Gasteiger partial charge in [-0.05, 0) is 18.4 Å². The zero-order valence-corrected chi connectivity index (χ0v) is 8.36. The third-order valence-corrected chi connectivity index (χ3v) is 2.21. The standard InChI is InChI=1S/C11H17NO/c1-3-4-10(2)7-12-6-5-11(8-12)9-13/h5-6,8-10H,3-4,7H2,1-2H3. The molecular weight excluding hydrogens is 162 g/mol. The summed E-state index contributed by atoms with van der Waals surface area (Å²) in [6.45, 7) is 5.45. The fourth-order valence-corrected chi connectivity index (χ4v) is 1.59. The van der Waals surface area contributed by atoms with E-state index in [4.69, 9.17) is 0 Å². The molecule has 1 atom stereocenters. The highest BCUT2D eigenvalue weighted by Crippen LogP contribution is 2.09. The molecule has 1 heterocycles. The number of hydrogen-bond donors (Lipinski definition) is 0. The van der Waals surface area contributed by atoms with Gasteiger partial charge in [0.25, 0.3) is 0 Å². The SMILES string of the molecule is CCCC(C)Cn1ccc(C=O)c1. The quantitative estimate of drug-likeness (QED) is 0.637. The van der Waals surface area contributed by atoms with Crippen LogP contribution in [0.1, 0.15) is 37.0 Å². The Bertz CT molecular complexity index is 265. The minimum absolute atomic E-state index is 0.692. The number of rotatable bonds is 5. The van der Waals surface area contributed by atoms with Crippen molar-refractivity contribution in [2.24, 2.45) is 5.92 Å². The van der Waals surface area contributed by atoms with Gasteiger partial charge in [-0.25, -0.2) is 0 Å². The van der Waals surface area contributed by atoms with Crippen LogP contribution in [-0.2, 0) is 6.54 Å². The summed E-state index contributed by atoms with van der Waals surface area (Å²) in [6.07, 6.45) is 7.23. The largest absolute Gasteiger partial charge is 0.353 e. The summed E-state index contributed by atoms with van der Waals surface area (Å²) in [5.74, 6) is 0.692. The number of aldehydes is 1. The molecular formula is C11H17NO. The Morgan fingerprint density at radius 1 is 1.62 bits per heavy atom. The molecule has 2 nitrogen and oxygen atoms in total. The Labute approximate surface area is 79.6 Å². The molecule has 0 aliphatic rings. The number of carbonyl (C=O) groups is 1. The molecule has 1 rings (SSSR count). The summed E-state index contributed by atoms with van der Waals surface area (Å²) in [7, 11) is 0. The molecule has 0 amide bonds. The summed E-state index contributed by atoms with van der Waals surface area (Å²) >= 11 is 0. The topological polar surface area (TPSA) is 22.0 Å². The van der Waals surface area contributed by atoms with Crippen molar-refractivity contribution in [3.63, 3.8) is 0 Å². The number of nitrogens with zero attached hydrogens (tertiary/aromatic N) is 1. The average molecular weight is 179 g/mol. The Morgan fingerprint density at radius 3 is 2.92 bits per heavy atom. The van der Waals surface area contributed by atoms with Crippen LogP contribution in [0.15, 0.2) is 18.5 Å². The lowest BCUT2D eigenvalue weighted by atomic mass is 10.1. The van der Waals surface area contributed by atoms with E-state index in [-0.39, 0.29) is 0 Å². The highest BCUT2D eigenvalue weighted by molar-refractivity contribution is 5.74. The van der Waals surface area contributed by atoms with Crippen molar-refractivity contribution in [2.75, 3.05) is 0 Å². The summed E-state index contributed by atoms with van der Waals surface area (Å²) in [4.78, 5) is 10.4. The molecule has 1 unspecified atom stereocenters. The first-order chi connectivity index (χ1) is 6.26. The smallest absolute Gasteiger partial charge is 0.151 e. The van der Waals surface area contributed by atoms with Gasteiger partial charge in [0.1, 0.15) is 0 Å². The van der Waals surface area contributed by atoms with Crippen LogP contribution in [0.3, 0.4) is 0 Å². The van der Waals surface area contributed by atoms with Gasteiger partial charge >= 0.3 is 0 Å². The van der Waals surface area contributed by atoms with Gasteiger partial charge in [-0.2, -0.15) is 0 Å². The highest BCUT2D eigenvalue weighted by Gasteiger charge is 2.01. The first kappa shape index (κ1) is 10.0. The lowest BCUT2D eigenvalue weighted by Crippen LogP contribution is -2.05. The molecule has 0 aromatic carbocycles. The van der Waals surface area contributed by atoms with Gasteiger partial charge in [-0.3, -0.25) is 4.79 Å². The van der Waals surface area contributed by atoms with E-state index >= 15 is 0 Å². The molecule has 0 saturated heterocycles. The second-order valence-electron chi connectivity index (χ2n) is 3.65. The molecule has 0 saturated carbocycles. The van der Waals surface area contributed by atoms with Gasteiger partial charge in [0.2, 0.25) is 0 Å². The monoisotopic (exact) mass is 179 g/mol. The van der Waals surface area contributed by atoms with Gasteiger partial charge in [0, 0.05) is 24.5 Å². The summed E-state index contributed by atoms with van der Waals surface area (Å²) < 4.78 is 2.09. The summed E-state index contributed by atoms with van der Waals surface area (Å²) in [6, 6.07) is 1.85. The molecule has 72 valence electrons. The molecule has 1 aromatic rings. The van der Waals surface area contributed by atoms with E-state index in [9.17, 15) is 4.79 Å². The van der Waals surface area contributed by atoms with Gasteiger partial charge in [-0.1, -0.05) is 20.3 Å². The van der Waals surface area contributed by atoms with Gasteiger partial charge in [0.05, 0.1) is 0 Å². The Morgan fingerprint density at radius 2 is 2.38 bits per heavy atom. The minimum Gasteiger partial charge on any atom is -0.353 e. The van der Waals surface area contributed by atoms with Crippen molar-refractivity contribution in [1.29, 1.82) is 0 Å². The lowest BCUT2D eigenvalue weighted by Gasteiger charge is -2.10. The van der Waals surface area contributed by atoms with Gasteiger partial charge in [0.15, 0.2) is 6.29 Å². The zero-order valence-electron chi connectivity index (χ0n) is 8.36. The van der Waals surface area contributed by atoms with E-state index in [1.54, 1.807) is 0 Å². The number of carbonyl (C=O) groups excluding carboxylic acids is 1. The van der Waals surface area contributed by atoms with Crippen LogP contribution in [-0.4, -0.2) is 10.9 Å². The van der Waals surface area contributed by atoms with Crippen molar-refractivity contribution in [1.82, 2.24) is 4.57 Å². The molecule has 1 aromatic heterocycles. The summed E-state index contributed by atoms with van der Waals surface area (Å²) in [5, 5.41) is 0. The second-order valence-corrected chi connectivity index (χ2v) is 3.65. The normalized spacial score (nSPS) is 12.8. The van der Waals surface area contributed by atoms with E-state index in [1.165, 1.54) is 12.8 Å². The van der Waals surface area contributed by atoms with E-state index in [0.717, 1.165) is 18.4 Å². The second kappa shape index (κ2) is 4.85. The van der Waals surface area contributed by atoms with E-state index in [2.05, 4.69) is 18.4 Å². The molecule has 0 radical (unpaired) electrons. The van der Waals surface area contributed by atoms with Crippen LogP contribution in [0.25, 0.3) is 0 Å². The maximum atomic E-state index is 10.4. The van der Waals surface area contributed by atoms with Crippen molar-refractivity contribution < 1.29 is 4.79 Å². The van der Waals surface area contributed by atoms with Crippen molar-refractivity contribution in [3.8, 4) is 0 Å². The maximum Gasteiger partial charge on any atom is 0.151 e. The first-order valence-corrected chi connectivity index (χ1v) is 4.87. The van der Waals surface area contributed by atoms with E-state index in [0.29, 0.717) is 5.92 Å². The van der Waals surface area contributed by atoms with Crippen LogP contribution < -0.4 is 0 Å². The fraction of sp³-hybridized carbons (Fsp3) is 0.545. The number of hydrogen-bond acceptors (Lipinski definition) is 1. The van der Waals surface area contributed by atoms with Crippen molar-refractivity contribution in [2.45, 2.75) is 33.2 Å². The molecule has 0 aliphatic heterocycles. The molecule has 0 spiro atoms. The zero-order chi connectivity index (χ0) is 9.68. The predicted octanol–water partition coefficient (Wildman–Crippen LogP) is 2.74. The summed E-state index contributed by atoms with van der Waals surface area (Å²) in [5.41, 5.74) is 0.767. The molecule has 13 heavy (non-hydrogen) atoms. The predicted molar refractivity (Wildman–Crippen MR) is 53.9 cm³/mol. The van der Waals surface area contributed by atoms with Crippen LogP contribution in [0.2, 0.25) is 0 Å². The Hall–Kier alpha value is -1.05. The van der Waals surface area contributed by atoms with Crippen LogP contribution in [0.5, 0.6) is 0 Å². The Kier molecular flexibility index (Phi) is 3.74. The van der Waals surface area contributed by atoms with Crippen LogP contribution in [0, 0.1) is 5.92 Å². The minimum atomic E-state index is 0.692. The molecule has 2 heteroatoms. The van der Waals surface area contributed by atoms with Gasteiger partial charge in [-0.15, -0.1) is 0 Å². The molecule has 0 N–H and O–H groups in total. The molecule has 0 bridgehead atoms. The highest BCUT2D eigenvalue weighted by atomic mass is 16.1. The van der Waals surface area contributed by atoms with Crippen molar-refractivity contribution >= 4 is 6.29 Å². The lowest BCUT2D eigenvalue weighted by molar-refractivity contribution is 0.112. The van der Waals surface area contributed by atoms with Crippen LogP contribution in [0.4, 0.5) is 0 Å². The maximum absolute atomic E-state index is 10.4. The van der Waals surface area contributed by atoms with E-state index < -0.39 is 0 Å². The number of aromatic nitrogens is 1. The fourth-order valence-electron chi connectivity index (χ4n) is 1.59. The van der Waals surface area contributed by atoms with E-state index in [1.807, 2.05) is 18.5 Å².